The number of aromatic nitrogens is 4. The Morgan fingerprint density at radius 2 is 2.57 bits per heavy atom. The zero-order chi connectivity index (χ0) is 15.0. The summed E-state index contributed by atoms with van der Waals surface area (Å²) >= 11 is 0. The molecule has 1 aromatic rings. The van der Waals surface area contributed by atoms with Gasteiger partial charge in [-0.3, -0.25) is 14.0 Å². The molecule has 2 unspecified atom stereocenters. The molecule has 1 aliphatic carbocycles. The van der Waals surface area contributed by atoms with Crippen LogP contribution in [0.5, 0.6) is 0 Å². The van der Waals surface area contributed by atoms with Crippen LogP contribution in [0.25, 0.3) is 0 Å². The number of rotatable bonds is 6. The van der Waals surface area contributed by atoms with E-state index < -0.39 is 18.3 Å². The van der Waals surface area contributed by atoms with Crippen LogP contribution in [0.3, 0.4) is 0 Å². The maximum absolute atomic E-state index is 13.3. The molecule has 1 aromatic heterocycles. The largest absolute Gasteiger partial charge is 0.672 e. The van der Waals surface area contributed by atoms with Gasteiger partial charge in [0, 0.05) is 18.7 Å². The topological polar surface area (TPSA) is 134 Å². The molecule has 2 aliphatic rings. The lowest BCUT2D eigenvalue weighted by Gasteiger charge is -2.29. The molecule has 0 bridgehead atoms. The lowest BCUT2D eigenvalue weighted by Crippen LogP contribution is -2.55. The van der Waals surface area contributed by atoms with E-state index in [1.807, 2.05) is 0 Å². The third-order valence-corrected chi connectivity index (χ3v) is 3.82. The number of carbonyl (C=O) groups is 1. The van der Waals surface area contributed by atoms with Crippen LogP contribution in [0.2, 0.25) is 0 Å². The summed E-state index contributed by atoms with van der Waals surface area (Å²) in [6.07, 6.45) is 1.64. The van der Waals surface area contributed by atoms with Crippen LogP contribution in [-0.4, -0.2) is 47.1 Å². The molecule has 1 aliphatic heterocycles. The lowest BCUT2D eigenvalue weighted by atomic mass is 10.1. The summed E-state index contributed by atoms with van der Waals surface area (Å²) in [6.45, 7) is 0.539. The SMILES string of the molecule is NOC1(n2cnn[n+]2[O-])C(=C(C=O)NC2CNC2)C1CF. The molecular formula is C10H14FN7O3. The number of carbonyl (C=O) groups excluding carboxylic acids is 1. The van der Waals surface area contributed by atoms with E-state index >= 15 is 0 Å². The molecule has 4 N–H and O–H groups in total. The number of allylic oxidation sites excluding steroid dienone is 1. The predicted octanol–water partition coefficient (Wildman–Crippen LogP) is -2.93. The van der Waals surface area contributed by atoms with Crippen LogP contribution in [0.4, 0.5) is 4.39 Å². The molecule has 0 aromatic carbocycles. The number of alkyl halides is 1. The minimum absolute atomic E-state index is 0.0642. The fraction of sp³-hybridized carbons (Fsp3) is 0.600. The van der Waals surface area contributed by atoms with Crippen molar-refractivity contribution < 1.29 is 19.0 Å². The highest BCUT2D eigenvalue weighted by Crippen LogP contribution is 2.56. The number of hydrogen-bond acceptors (Lipinski definition) is 8. The number of nitrogens with one attached hydrogen (secondary N) is 2. The third-order valence-electron chi connectivity index (χ3n) is 3.82. The van der Waals surface area contributed by atoms with Gasteiger partial charge in [0.15, 0.2) is 11.5 Å². The zero-order valence-electron chi connectivity index (χ0n) is 10.9. The highest BCUT2D eigenvalue weighted by Gasteiger charge is 2.68. The molecule has 114 valence electrons. The van der Waals surface area contributed by atoms with Crippen molar-refractivity contribution in [3.63, 3.8) is 0 Å². The molecule has 2 heterocycles. The maximum atomic E-state index is 13.3. The number of hydrogen-bond donors (Lipinski definition) is 3. The molecule has 3 rings (SSSR count). The standard InChI is InChI=1S/C10H14FN7O3/c11-1-7-9(8(4-19)15-6-2-13-3-6)10(7,21-12)17-5-14-16-18(17)20/h4-7,13,15H,1-3,12H2. The van der Waals surface area contributed by atoms with Gasteiger partial charge in [-0.05, 0) is 4.96 Å². The second-order valence-electron chi connectivity index (χ2n) is 4.88. The molecule has 1 saturated carbocycles. The van der Waals surface area contributed by atoms with Crippen molar-refractivity contribution >= 4 is 6.29 Å². The highest BCUT2D eigenvalue weighted by molar-refractivity contribution is 5.77. The number of halogens is 1. The average molecular weight is 299 g/mol. The Labute approximate surface area is 118 Å². The minimum Gasteiger partial charge on any atom is -0.672 e. The molecular weight excluding hydrogens is 285 g/mol. The fourth-order valence-electron chi connectivity index (χ4n) is 2.60. The molecule has 0 amide bonds. The van der Waals surface area contributed by atoms with E-state index in [1.54, 1.807) is 0 Å². The van der Waals surface area contributed by atoms with Gasteiger partial charge in [-0.15, -0.1) is 4.68 Å². The summed E-state index contributed by atoms with van der Waals surface area (Å²) in [7, 11) is 0. The van der Waals surface area contributed by atoms with Gasteiger partial charge in [0.05, 0.1) is 22.8 Å². The van der Waals surface area contributed by atoms with Crippen LogP contribution in [0.15, 0.2) is 17.6 Å². The first-order valence-corrected chi connectivity index (χ1v) is 6.30. The second kappa shape index (κ2) is 5.02. The quantitative estimate of drug-likeness (QED) is 0.167. The molecule has 1 saturated heterocycles. The highest BCUT2D eigenvalue weighted by atomic mass is 19.1. The van der Waals surface area contributed by atoms with E-state index in [4.69, 9.17) is 10.7 Å². The normalized spacial score (nSPS) is 30.7. The van der Waals surface area contributed by atoms with Gasteiger partial charge in [-0.2, -0.15) is 0 Å². The summed E-state index contributed by atoms with van der Waals surface area (Å²) in [5, 5.41) is 24.2. The number of nitrogens with zero attached hydrogens (tertiary/aromatic N) is 4. The van der Waals surface area contributed by atoms with E-state index in [9.17, 15) is 14.4 Å². The van der Waals surface area contributed by atoms with Gasteiger partial charge in [0.1, 0.15) is 6.67 Å². The first-order chi connectivity index (χ1) is 10.2. The van der Waals surface area contributed by atoms with Crippen molar-refractivity contribution in [1.29, 1.82) is 0 Å². The van der Waals surface area contributed by atoms with Gasteiger partial charge in [0.25, 0.3) is 6.33 Å². The van der Waals surface area contributed by atoms with Crippen molar-refractivity contribution in [2.24, 2.45) is 11.8 Å². The van der Waals surface area contributed by atoms with Gasteiger partial charge >= 0.3 is 0 Å². The Kier molecular flexibility index (Phi) is 3.31. The number of nitrogens with two attached hydrogens (primary N) is 1. The monoisotopic (exact) mass is 299 g/mol. The maximum Gasteiger partial charge on any atom is 0.275 e. The minimum atomic E-state index is -1.57. The fourth-order valence-corrected chi connectivity index (χ4v) is 2.60. The van der Waals surface area contributed by atoms with Crippen LogP contribution in [-0.2, 0) is 15.4 Å². The van der Waals surface area contributed by atoms with Crippen LogP contribution >= 0.6 is 0 Å². The van der Waals surface area contributed by atoms with Gasteiger partial charge in [0.2, 0.25) is 5.72 Å². The summed E-state index contributed by atoms with van der Waals surface area (Å²) in [5.41, 5.74) is -1.12. The first kappa shape index (κ1) is 13.9. The van der Waals surface area contributed by atoms with E-state index in [0.717, 1.165) is 11.0 Å². The van der Waals surface area contributed by atoms with Crippen molar-refractivity contribution in [3.8, 4) is 0 Å². The van der Waals surface area contributed by atoms with Gasteiger partial charge < -0.3 is 15.8 Å². The van der Waals surface area contributed by atoms with E-state index in [1.165, 1.54) is 0 Å². The Hall–Kier alpha value is -2.11. The van der Waals surface area contributed by atoms with E-state index in [0.29, 0.717) is 19.4 Å². The smallest absolute Gasteiger partial charge is 0.275 e. The number of tetrazole rings is 1. The molecule has 0 spiro atoms. The van der Waals surface area contributed by atoms with E-state index in [-0.39, 0.29) is 22.3 Å². The van der Waals surface area contributed by atoms with Crippen molar-refractivity contribution in [3.05, 3.63) is 22.8 Å². The summed E-state index contributed by atoms with van der Waals surface area (Å²) in [5.74, 6) is 4.42. The zero-order valence-corrected chi connectivity index (χ0v) is 10.9. The van der Waals surface area contributed by atoms with Gasteiger partial charge in [-0.25, -0.2) is 5.90 Å². The van der Waals surface area contributed by atoms with Crippen molar-refractivity contribution in [2.45, 2.75) is 11.8 Å². The Balaban J connectivity index is 2.00. The van der Waals surface area contributed by atoms with Crippen LogP contribution in [0, 0.1) is 11.1 Å². The molecule has 11 heteroatoms. The molecule has 10 nitrogen and oxygen atoms in total. The Bertz CT molecular complexity index is 587. The Morgan fingerprint density at radius 3 is 3.00 bits per heavy atom. The van der Waals surface area contributed by atoms with Crippen LogP contribution < -0.4 is 21.5 Å². The average Bonchev–Trinajstić information content (AvgIpc) is 2.91. The third kappa shape index (κ3) is 1.89. The van der Waals surface area contributed by atoms with Crippen molar-refractivity contribution in [2.75, 3.05) is 19.8 Å². The number of aldehydes is 1. The summed E-state index contributed by atoms with van der Waals surface area (Å²) in [6, 6.07) is 0.0642. The van der Waals surface area contributed by atoms with Crippen LogP contribution in [0.1, 0.15) is 0 Å². The van der Waals surface area contributed by atoms with Gasteiger partial charge in [-0.1, -0.05) is 0 Å². The van der Waals surface area contributed by atoms with E-state index in [2.05, 4.69) is 20.9 Å². The predicted molar refractivity (Wildman–Crippen MR) is 64.6 cm³/mol. The molecule has 2 fully saturated rings. The second-order valence-corrected chi connectivity index (χ2v) is 4.88. The van der Waals surface area contributed by atoms with Crippen molar-refractivity contribution in [1.82, 2.24) is 25.6 Å². The summed E-state index contributed by atoms with van der Waals surface area (Å²) in [4.78, 5) is 16.3. The molecule has 21 heavy (non-hydrogen) atoms. The molecule has 2 atom stereocenters. The molecule has 0 radical (unpaired) electrons. The lowest BCUT2D eigenvalue weighted by molar-refractivity contribution is -0.761. The Morgan fingerprint density at radius 1 is 1.81 bits per heavy atom. The first-order valence-electron chi connectivity index (χ1n) is 6.30. The summed E-state index contributed by atoms with van der Waals surface area (Å²) < 4.78 is 14.2.